The van der Waals surface area contributed by atoms with Gasteiger partial charge in [0.15, 0.2) is 0 Å². The number of carboxylic acids is 1. The summed E-state index contributed by atoms with van der Waals surface area (Å²) in [5.41, 5.74) is -1.23. The van der Waals surface area contributed by atoms with Gasteiger partial charge in [-0.05, 0) is 19.8 Å². The Hall–Kier alpha value is -2.38. The fourth-order valence-corrected chi connectivity index (χ4v) is 2.00. The summed E-state index contributed by atoms with van der Waals surface area (Å²) < 4.78 is 1.05. The van der Waals surface area contributed by atoms with E-state index in [0.29, 0.717) is 0 Å². The largest absolute Gasteiger partial charge is 0.480 e. The molecule has 1 fully saturated rings. The minimum absolute atomic E-state index is 0.0768. The lowest BCUT2D eigenvalue weighted by atomic mass is 10.2. The highest BCUT2D eigenvalue weighted by Crippen LogP contribution is 2.29. The predicted molar refractivity (Wildman–Crippen MR) is 68.3 cm³/mol. The standard InChI is InChI=1S/C12H15N3O5/c1-7(11(18)19)15(8-2-3-8)10(17)6-14-5-4-9(16)13-12(14)20/h4-5,7-8H,2-3,6H2,1H3,(H,18,19)(H,13,16,20). The van der Waals surface area contributed by atoms with Gasteiger partial charge in [0, 0.05) is 18.3 Å². The molecule has 1 heterocycles. The molecule has 1 aromatic rings. The first kappa shape index (κ1) is 14.0. The molecule has 1 atom stereocenters. The summed E-state index contributed by atoms with van der Waals surface area (Å²) in [4.78, 5) is 49.0. The molecule has 1 amide bonds. The van der Waals surface area contributed by atoms with Crippen LogP contribution in [0.3, 0.4) is 0 Å². The third kappa shape index (κ3) is 2.95. The summed E-state index contributed by atoms with van der Waals surface area (Å²) in [5, 5.41) is 9.03. The maximum atomic E-state index is 12.2. The Labute approximate surface area is 113 Å². The number of carboxylic acid groups (broad SMARTS) is 1. The van der Waals surface area contributed by atoms with Gasteiger partial charge in [0.2, 0.25) is 5.91 Å². The van der Waals surface area contributed by atoms with Crippen LogP contribution in [0.4, 0.5) is 0 Å². The maximum Gasteiger partial charge on any atom is 0.328 e. The van der Waals surface area contributed by atoms with Crippen molar-refractivity contribution in [2.75, 3.05) is 0 Å². The molecule has 1 unspecified atom stereocenters. The molecule has 0 aromatic carbocycles. The minimum Gasteiger partial charge on any atom is -0.480 e. The van der Waals surface area contributed by atoms with Crippen LogP contribution in [0, 0.1) is 0 Å². The van der Waals surface area contributed by atoms with E-state index in [1.807, 2.05) is 4.98 Å². The number of nitrogens with one attached hydrogen (secondary N) is 1. The Morgan fingerprint density at radius 3 is 2.65 bits per heavy atom. The van der Waals surface area contributed by atoms with Crippen LogP contribution >= 0.6 is 0 Å². The van der Waals surface area contributed by atoms with Crippen LogP contribution < -0.4 is 11.2 Å². The van der Waals surface area contributed by atoms with E-state index in [0.717, 1.165) is 23.5 Å². The molecule has 1 aliphatic rings. The molecule has 2 N–H and O–H groups in total. The number of aromatic nitrogens is 2. The first-order valence-corrected chi connectivity index (χ1v) is 6.24. The van der Waals surface area contributed by atoms with Gasteiger partial charge in [-0.1, -0.05) is 0 Å². The van der Waals surface area contributed by atoms with Crippen LogP contribution in [0.1, 0.15) is 19.8 Å². The van der Waals surface area contributed by atoms with Crippen molar-refractivity contribution < 1.29 is 14.7 Å². The third-order valence-corrected chi connectivity index (χ3v) is 3.21. The highest BCUT2D eigenvalue weighted by Gasteiger charge is 2.38. The Morgan fingerprint density at radius 1 is 1.50 bits per heavy atom. The molecular formula is C12H15N3O5. The zero-order valence-electron chi connectivity index (χ0n) is 10.9. The lowest BCUT2D eigenvalue weighted by molar-refractivity contribution is -0.150. The molecule has 0 saturated heterocycles. The zero-order valence-corrected chi connectivity index (χ0v) is 10.9. The smallest absolute Gasteiger partial charge is 0.328 e. The van der Waals surface area contributed by atoms with Gasteiger partial charge in [-0.25, -0.2) is 9.59 Å². The van der Waals surface area contributed by atoms with E-state index in [9.17, 15) is 19.2 Å². The normalized spacial score (nSPS) is 15.7. The molecule has 108 valence electrons. The van der Waals surface area contributed by atoms with Crippen molar-refractivity contribution in [3.8, 4) is 0 Å². The van der Waals surface area contributed by atoms with Crippen LogP contribution in [-0.4, -0.2) is 43.5 Å². The number of H-pyrrole nitrogens is 1. The summed E-state index contributed by atoms with van der Waals surface area (Å²) >= 11 is 0. The zero-order chi connectivity index (χ0) is 14.9. The van der Waals surface area contributed by atoms with Gasteiger partial charge < -0.3 is 10.0 Å². The molecule has 2 rings (SSSR count). The van der Waals surface area contributed by atoms with E-state index in [4.69, 9.17) is 5.11 Å². The number of nitrogens with zero attached hydrogens (tertiary/aromatic N) is 2. The van der Waals surface area contributed by atoms with Crippen molar-refractivity contribution in [2.24, 2.45) is 0 Å². The molecule has 0 bridgehead atoms. The summed E-state index contributed by atoms with van der Waals surface area (Å²) in [5.74, 6) is -1.53. The Balaban J connectivity index is 2.18. The topological polar surface area (TPSA) is 112 Å². The van der Waals surface area contributed by atoms with Gasteiger partial charge in [-0.2, -0.15) is 0 Å². The molecular weight excluding hydrogens is 266 g/mol. The average Bonchev–Trinajstić information content (AvgIpc) is 3.17. The van der Waals surface area contributed by atoms with E-state index in [1.54, 1.807) is 0 Å². The van der Waals surface area contributed by atoms with E-state index in [2.05, 4.69) is 0 Å². The van der Waals surface area contributed by atoms with Gasteiger partial charge in [0.1, 0.15) is 12.6 Å². The Kier molecular flexibility index (Phi) is 3.73. The minimum atomic E-state index is -1.08. The van der Waals surface area contributed by atoms with Gasteiger partial charge in [0.25, 0.3) is 5.56 Å². The number of rotatable bonds is 5. The molecule has 1 saturated carbocycles. The van der Waals surface area contributed by atoms with Crippen molar-refractivity contribution in [2.45, 2.75) is 38.4 Å². The lowest BCUT2D eigenvalue weighted by Crippen LogP contribution is -2.47. The van der Waals surface area contributed by atoms with Gasteiger partial charge in [-0.3, -0.25) is 19.1 Å². The van der Waals surface area contributed by atoms with Crippen molar-refractivity contribution in [3.63, 3.8) is 0 Å². The Bertz CT molecular complexity index is 643. The molecule has 8 heteroatoms. The summed E-state index contributed by atoms with van der Waals surface area (Å²) in [6.07, 6.45) is 2.75. The number of hydrogen-bond donors (Lipinski definition) is 2. The number of amides is 1. The fraction of sp³-hybridized carbons (Fsp3) is 0.500. The van der Waals surface area contributed by atoms with Crippen molar-refractivity contribution >= 4 is 11.9 Å². The third-order valence-electron chi connectivity index (χ3n) is 3.21. The summed E-state index contributed by atoms with van der Waals surface area (Å²) in [6.45, 7) is 1.15. The van der Waals surface area contributed by atoms with Crippen LogP contribution in [0.5, 0.6) is 0 Å². The highest BCUT2D eigenvalue weighted by atomic mass is 16.4. The molecule has 0 spiro atoms. The van der Waals surface area contributed by atoms with Crippen LogP contribution in [0.2, 0.25) is 0 Å². The van der Waals surface area contributed by atoms with E-state index < -0.39 is 29.2 Å². The first-order valence-electron chi connectivity index (χ1n) is 6.24. The second kappa shape index (κ2) is 5.32. The van der Waals surface area contributed by atoms with Crippen LogP contribution in [0.15, 0.2) is 21.9 Å². The number of carbonyl (C=O) groups is 2. The fourth-order valence-electron chi connectivity index (χ4n) is 2.00. The molecule has 20 heavy (non-hydrogen) atoms. The van der Waals surface area contributed by atoms with E-state index in [1.165, 1.54) is 18.0 Å². The van der Waals surface area contributed by atoms with E-state index >= 15 is 0 Å². The number of aromatic amines is 1. The summed E-state index contributed by atoms with van der Waals surface area (Å²) in [6, 6.07) is 0.122. The van der Waals surface area contributed by atoms with E-state index in [-0.39, 0.29) is 12.6 Å². The number of carbonyl (C=O) groups excluding carboxylic acids is 1. The number of aliphatic carboxylic acids is 1. The molecule has 0 aliphatic heterocycles. The van der Waals surface area contributed by atoms with Gasteiger partial charge in [-0.15, -0.1) is 0 Å². The van der Waals surface area contributed by atoms with Crippen molar-refractivity contribution in [1.82, 2.24) is 14.5 Å². The van der Waals surface area contributed by atoms with Gasteiger partial charge in [0.05, 0.1) is 0 Å². The second-order valence-electron chi connectivity index (χ2n) is 4.78. The maximum absolute atomic E-state index is 12.2. The predicted octanol–water partition coefficient (Wildman–Crippen LogP) is -0.999. The quantitative estimate of drug-likeness (QED) is 0.719. The molecule has 0 radical (unpaired) electrons. The summed E-state index contributed by atoms with van der Waals surface area (Å²) in [7, 11) is 0. The average molecular weight is 281 g/mol. The lowest BCUT2D eigenvalue weighted by Gasteiger charge is -2.26. The molecule has 1 aromatic heterocycles. The van der Waals surface area contributed by atoms with Crippen molar-refractivity contribution in [3.05, 3.63) is 33.1 Å². The van der Waals surface area contributed by atoms with Gasteiger partial charge >= 0.3 is 11.7 Å². The monoisotopic (exact) mass is 281 g/mol. The first-order chi connectivity index (χ1) is 9.40. The molecule has 1 aliphatic carbocycles. The van der Waals surface area contributed by atoms with Crippen molar-refractivity contribution in [1.29, 1.82) is 0 Å². The second-order valence-corrected chi connectivity index (χ2v) is 4.78. The number of hydrogen-bond acceptors (Lipinski definition) is 4. The van der Waals surface area contributed by atoms with Crippen LogP contribution in [-0.2, 0) is 16.1 Å². The SMILES string of the molecule is CC(C(=O)O)N(C(=O)Cn1ccc(=O)[nH]c1=O)C1CC1. The molecule has 8 nitrogen and oxygen atoms in total. The highest BCUT2D eigenvalue weighted by molar-refractivity contribution is 5.83. The Morgan fingerprint density at radius 2 is 2.15 bits per heavy atom. The van der Waals surface area contributed by atoms with Crippen LogP contribution in [0.25, 0.3) is 0 Å².